The fourth-order valence-corrected chi connectivity index (χ4v) is 6.39. The average Bonchev–Trinajstić information content (AvgIpc) is 3.58. The Labute approximate surface area is 205 Å². The first kappa shape index (κ1) is 22.8. The Morgan fingerprint density at radius 3 is 2.45 bits per heavy atom. The number of benzene rings is 2. The van der Waals surface area contributed by atoms with Gasteiger partial charge in [-0.1, -0.05) is 44.2 Å². The maximum Gasteiger partial charge on any atom is 0.254 e. The Morgan fingerprint density at radius 2 is 1.76 bits per heavy atom. The molecular weight excluding hydrogens is 450 g/mol. The fourth-order valence-electron chi connectivity index (χ4n) is 5.56. The standard InChI is InChI=1S/C27H32ClN3OS/c1-2-33-23-14-11-19(12-15-23)27(32)30(21-7-3-4-8-21)18-26-29-24-16-13-20(28)17-25(24)31(26)22-9-5-6-10-22/h11-17,21-22H,2-10,18H2,1H3. The van der Waals surface area contributed by atoms with Gasteiger partial charge in [0, 0.05) is 27.6 Å². The molecule has 6 heteroatoms. The van der Waals surface area contributed by atoms with E-state index in [0.29, 0.717) is 12.6 Å². The van der Waals surface area contributed by atoms with Crippen LogP contribution in [0.4, 0.5) is 0 Å². The molecule has 2 aliphatic carbocycles. The lowest BCUT2D eigenvalue weighted by Crippen LogP contribution is -2.39. The summed E-state index contributed by atoms with van der Waals surface area (Å²) in [5, 5.41) is 0.738. The highest BCUT2D eigenvalue weighted by Crippen LogP contribution is 2.36. The summed E-state index contributed by atoms with van der Waals surface area (Å²) in [6, 6.07) is 14.8. The molecule has 0 saturated heterocycles. The third-order valence-electron chi connectivity index (χ3n) is 7.16. The summed E-state index contributed by atoms with van der Waals surface area (Å²) in [6.45, 7) is 2.70. The van der Waals surface area contributed by atoms with Gasteiger partial charge in [0.05, 0.1) is 17.6 Å². The molecule has 0 N–H and O–H groups in total. The molecule has 174 valence electrons. The minimum absolute atomic E-state index is 0.123. The first-order chi connectivity index (χ1) is 16.1. The quantitative estimate of drug-likeness (QED) is 0.328. The highest BCUT2D eigenvalue weighted by atomic mass is 35.5. The van der Waals surface area contributed by atoms with Crippen molar-refractivity contribution in [3.05, 3.63) is 58.9 Å². The number of imidazole rings is 1. The van der Waals surface area contributed by atoms with Crippen LogP contribution in [0.25, 0.3) is 11.0 Å². The van der Waals surface area contributed by atoms with E-state index < -0.39 is 0 Å². The van der Waals surface area contributed by atoms with Crippen molar-refractivity contribution in [1.82, 2.24) is 14.5 Å². The SMILES string of the molecule is CCSc1ccc(C(=O)N(Cc2nc3ccc(Cl)cc3n2C2CCCC2)C2CCCC2)cc1. The molecule has 0 atom stereocenters. The minimum atomic E-state index is 0.123. The van der Waals surface area contributed by atoms with Gasteiger partial charge >= 0.3 is 0 Å². The van der Waals surface area contributed by atoms with Gasteiger partial charge in [0.15, 0.2) is 0 Å². The summed E-state index contributed by atoms with van der Waals surface area (Å²) in [5.74, 6) is 2.15. The number of carbonyl (C=O) groups is 1. The van der Waals surface area contributed by atoms with Crippen LogP contribution in [0.1, 0.15) is 80.5 Å². The van der Waals surface area contributed by atoms with Gasteiger partial charge in [-0.3, -0.25) is 4.79 Å². The van der Waals surface area contributed by atoms with Crippen LogP contribution in [-0.4, -0.2) is 32.2 Å². The first-order valence-corrected chi connectivity index (χ1v) is 13.7. The van der Waals surface area contributed by atoms with Crippen LogP contribution in [0.5, 0.6) is 0 Å². The summed E-state index contributed by atoms with van der Waals surface area (Å²) < 4.78 is 2.39. The van der Waals surface area contributed by atoms with Crippen molar-refractivity contribution in [2.75, 3.05) is 5.75 Å². The van der Waals surface area contributed by atoms with Gasteiger partial charge in [-0.25, -0.2) is 4.98 Å². The van der Waals surface area contributed by atoms with Gasteiger partial charge in [-0.2, -0.15) is 0 Å². The zero-order valence-electron chi connectivity index (χ0n) is 19.3. The number of hydrogen-bond acceptors (Lipinski definition) is 3. The number of nitrogens with zero attached hydrogens (tertiary/aromatic N) is 3. The second kappa shape index (κ2) is 10.1. The van der Waals surface area contributed by atoms with Gasteiger partial charge in [0.25, 0.3) is 5.91 Å². The molecule has 2 saturated carbocycles. The number of carbonyl (C=O) groups excluding carboxylic acids is 1. The molecule has 4 nitrogen and oxygen atoms in total. The molecule has 0 spiro atoms. The van der Waals surface area contributed by atoms with E-state index in [4.69, 9.17) is 16.6 Å². The second-order valence-electron chi connectivity index (χ2n) is 9.30. The molecule has 33 heavy (non-hydrogen) atoms. The molecule has 5 rings (SSSR count). The third kappa shape index (κ3) is 4.81. The van der Waals surface area contributed by atoms with Gasteiger partial charge < -0.3 is 9.47 Å². The molecule has 3 aromatic rings. The van der Waals surface area contributed by atoms with E-state index in [2.05, 4.69) is 28.5 Å². The van der Waals surface area contributed by atoms with E-state index in [9.17, 15) is 4.79 Å². The fraction of sp³-hybridized carbons (Fsp3) is 0.481. The second-order valence-corrected chi connectivity index (χ2v) is 11.1. The topological polar surface area (TPSA) is 38.1 Å². The van der Waals surface area contributed by atoms with Crippen LogP contribution in [-0.2, 0) is 6.54 Å². The van der Waals surface area contributed by atoms with Crippen molar-refractivity contribution in [2.24, 2.45) is 0 Å². The largest absolute Gasteiger partial charge is 0.328 e. The molecule has 0 aliphatic heterocycles. The Kier molecular flexibility index (Phi) is 6.98. The van der Waals surface area contributed by atoms with Crippen LogP contribution >= 0.6 is 23.4 Å². The van der Waals surface area contributed by atoms with Crippen LogP contribution in [0, 0.1) is 0 Å². The van der Waals surface area contributed by atoms with Crippen LogP contribution in [0.3, 0.4) is 0 Å². The lowest BCUT2D eigenvalue weighted by Gasteiger charge is -2.30. The number of rotatable bonds is 7. The number of amides is 1. The minimum Gasteiger partial charge on any atom is -0.328 e. The van der Waals surface area contributed by atoms with Crippen LogP contribution < -0.4 is 0 Å². The van der Waals surface area contributed by atoms with Gasteiger partial charge in [-0.05, 0) is 73.9 Å². The predicted octanol–water partition coefficient (Wildman–Crippen LogP) is 7.50. The van der Waals surface area contributed by atoms with Crippen molar-refractivity contribution in [3.63, 3.8) is 0 Å². The number of aromatic nitrogens is 2. The molecule has 0 bridgehead atoms. The van der Waals surface area contributed by atoms with Crippen molar-refractivity contribution < 1.29 is 4.79 Å². The monoisotopic (exact) mass is 481 g/mol. The Bertz CT molecular complexity index is 1110. The molecule has 2 aromatic carbocycles. The van der Waals surface area contributed by atoms with Crippen LogP contribution in [0.15, 0.2) is 47.4 Å². The predicted molar refractivity (Wildman–Crippen MR) is 137 cm³/mol. The number of fused-ring (bicyclic) bond motifs is 1. The summed E-state index contributed by atoms with van der Waals surface area (Å²) in [5.41, 5.74) is 2.85. The van der Waals surface area contributed by atoms with E-state index in [-0.39, 0.29) is 11.9 Å². The Hall–Kier alpha value is -1.98. The third-order valence-corrected chi connectivity index (χ3v) is 8.29. The maximum absolute atomic E-state index is 13.8. The van der Waals surface area contributed by atoms with Gasteiger partial charge in [0.2, 0.25) is 0 Å². The molecule has 0 radical (unpaired) electrons. The van der Waals surface area contributed by atoms with E-state index >= 15 is 0 Å². The molecule has 0 unspecified atom stereocenters. The van der Waals surface area contributed by atoms with E-state index in [1.54, 1.807) is 11.8 Å². The molecule has 2 fully saturated rings. The summed E-state index contributed by atoms with van der Waals surface area (Å²) in [4.78, 5) is 22.1. The zero-order valence-corrected chi connectivity index (χ0v) is 20.9. The molecule has 1 amide bonds. The Morgan fingerprint density at radius 1 is 1.06 bits per heavy atom. The van der Waals surface area contributed by atoms with Gasteiger partial charge in [-0.15, -0.1) is 11.8 Å². The lowest BCUT2D eigenvalue weighted by atomic mass is 10.1. The molecular formula is C27H32ClN3OS. The number of halogens is 1. The first-order valence-electron chi connectivity index (χ1n) is 12.3. The number of thioether (sulfide) groups is 1. The van der Waals surface area contributed by atoms with Crippen molar-refractivity contribution in [2.45, 2.75) is 81.8 Å². The lowest BCUT2D eigenvalue weighted by molar-refractivity contribution is 0.0655. The Balaban J connectivity index is 1.50. The van der Waals surface area contributed by atoms with E-state index in [1.165, 1.54) is 43.4 Å². The normalized spacial score (nSPS) is 17.3. The molecule has 2 aliphatic rings. The highest BCUT2D eigenvalue weighted by Gasteiger charge is 2.31. The summed E-state index contributed by atoms with van der Waals surface area (Å²) >= 11 is 8.18. The smallest absolute Gasteiger partial charge is 0.254 e. The average molecular weight is 482 g/mol. The van der Waals surface area contributed by atoms with E-state index in [0.717, 1.165) is 46.0 Å². The highest BCUT2D eigenvalue weighted by molar-refractivity contribution is 7.99. The van der Waals surface area contributed by atoms with Gasteiger partial charge in [0.1, 0.15) is 5.82 Å². The summed E-state index contributed by atoms with van der Waals surface area (Å²) in [7, 11) is 0. The van der Waals surface area contributed by atoms with E-state index in [1.807, 2.05) is 30.3 Å². The van der Waals surface area contributed by atoms with Crippen molar-refractivity contribution >= 4 is 40.3 Å². The van der Waals surface area contributed by atoms with Crippen molar-refractivity contribution in [3.8, 4) is 0 Å². The van der Waals surface area contributed by atoms with Crippen LogP contribution in [0.2, 0.25) is 5.02 Å². The molecule has 1 aromatic heterocycles. The maximum atomic E-state index is 13.8. The number of hydrogen-bond donors (Lipinski definition) is 0. The molecule has 1 heterocycles. The summed E-state index contributed by atoms with van der Waals surface area (Å²) in [6.07, 6.45) is 9.35. The zero-order chi connectivity index (χ0) is 22.8. The van der Waals surface area contributed by atoms with Crippen molar-refractivity contribution in [1.29, 1.82) is 0 Å².